The van der Waals surface area contributed by atoms with Crippen LogP contribution in [0, 0.1) is 23.7 Å². The molecule has 1 atom stereocenters. The highest BCUT2D eigenvalue weighted by Gasteiger charge is 2.44. The Kier molecular flexibility index (Phi) is 3.08. The summed E-state index contributed by atoms with van der Waals surface area (Å²) in [4.78, 5) is 0. The van der Waals surface area contributed by atoms with Crippen molar-refractivity contribution in [3.8, 4) is 6.07 Å². The molecule has 0 fully saturated rings. The molecule has 0 bridgehead atoms. The molecule has 0 saturated carbocycles. The normalized spacial score (nSPS) is 17.2. The van der Waals surface area contributed by atoms with E-state index in [0.29, 0.717) is 12.8 Å². The summed E-state index contributed by atoms with van der Waals surface area (Å²) in [5, 5.41) is 20.5. The molecule has 2 heteroatoms. The first-order chi connectivity index (χ1) is 9.66. The van der Waals surface area contributed by atoms with E-state index in [4.69, 9.17) is 0 Å². The second kappa shape index (κ2) is 4.77. The van der Waals surface area contributed by atoms with Gasteiger partial charge in [0.05, 0.1) is 17.6 Å². The van der Waals surface area contributed by atoms with Gasteiger partial charge in [-0.3, -0.25) is 0 Å². The third-order valence-electron chi connectivity index (χ3n) is 4.36. The lowest BCUT2D eigenvalue weighted by atomic mass is 9.76. The maximum absolute atomic E-state index is 10.8. The average molecular weight is 263 g/mol. The van der Waals surface area contributed by atoms with Gasteiger partial charge in [0.2, 0.25) is 0 Å². The minimum atomic E-state index is -0.749. The highest BCUT2D eigenvalue weighted by Crippen LogP contribution is 2.45. The van der Waals surface area contributed by atoms with Gasteiger partial charge in [-0.1, -0.05) is 48.5 Å². The van der Waals surface area contributed by atoms with Crippen molar-refractivity contribution in [2.45, 2.75) is 25.9 Å². The van der Waals surface area contributed by atoms with Crippen molar-refractivity contribution in [2.24, 2.45) is 5.41 Å². The molecule has 0 heterocycles. The van der Waals surface area contributed by atoms with Crippen molar-refractivity contribution in [3.05, 3.63) is 70.8 Å². The molecule has 3 rings (SSSR count). The smallest absolute Gasteiger partial charge is 0.0985 e. The Morgan fingerprint density at radius 3 is 2.15 bits per heavy atom. The van der Waals surface area contributed by atoms with E-state index >= 15 is 0 Å². The number of aryl methyl sites for hydroxylation is 1. The zero-order valence-corrected chi connectivity index (χ0v) is 11.5. The Labute approximate surface area is 119 Å². The Hall–Kier alpha value is -2.11. The zero-order valence-electron chi connectivity index (χ0n) is 11.5. The maximum atomic E-state index is 10.8. The third kappa shape index (κ3) is 1.92. The minimum absolute atomic E-state index is 0.620. The fourth-order valence-electron chi connectivity index (χ4n) is 3.17. The van der Waals surface area contributed by atoms with Gasteiger partial charge < -0.3 is 5.11 Å². The number of aliphatic hydroxyl groups excluding tert-OH is 1. The number of hydrogen-bond donors (Lipinski definition) is 1. The first-order valence-electron chi connectivity index (χ1n) is 6.88. The molecule has 2 aromatic rings. The van der Waals surface area contributed by atoms with Crippen LogP contribution in [0.3, 0.4) is 0 Å². The number of rotatable bonds is 2. The highest BCUT2D eigenvalue weighted by atomic mass is 16.3. The molecule has 20 heavy (non-hydrogen) atoms. The van der Waals surface area contributed by atoms with Gasteiger partial charge in [0, 0.05) is 0 Å². The molecule has 0 radical (unpaired) electrons. The fraction of sp³-hybridized carbons (Fsp3) is 0.278. The molecule has 0 aliphatic heterocycles. The topological polar surface area (TPSA) is 44.0 Å². The Morgan fingerprint density at radius 2 is 1.60 bits per heavy atom. The van der Waals surface area contributed by atoms with Crippen molar-refractivity contribution < 1.29 is 5.11 Å². The molecule has 0 saturated heterocycles. The van der Waals surface area contributed by atoms with Gasteiger partial charge >= 0.3 is 0 Å². The predicted molar refractivity (Wildman–Crippen MR) is 78.0 cm³/mol. The van der Waals surface area contributed by atoms with Crippen LogP contribution in [0.25, 0.3) is 0 Å². The van der Waals surface area contributed by atoms with Crippen LogP contribution in [0.15, 0.2) is 48.5 Å². The zero-order chi connectivity index (χ0) is 14.2. The van der Waals surface area contributed by atoms with E-state index < -0.39 is 11.5 Å². The van der Waals surface area contributed by atoms with Gasteiger partial charge in [0.15, 0.2) is 0 Å². The Bertz CT molecular complexity index is 659. The van der Waals surface area contributed by atoms with Gasteiger partial charge in [0.25, 0.3) is 0 Å². The summed E-state index contributed by atoms with van der Waals surface area (Å²) < 4.78 is 0. The highest BCUT2D eigenvalue weighted by molar-refractivity contribution is 5.41. The van der Waals surface area contributed by atoms with Crippen molar-refractivity contribution >= 4 is 0 Å². The van der Waals surface area contributed by atoms with Gasteiger partial charge in [0.1, 0.15) is 0 Å². The molecule has 2 nitrogen and oxygen atoms in total. The van der Waals surface area contributed by atoms with Crippen LogP contribution in [0.5, 0.6) is 0 Å². The summed E-state index contributed by atoms with van der Waals surface area (Å²) in [5.74, 6) is 0. The SMILES string of the molecule is Cc1ccccc1C(O)C1(C#N)Cc2ccccc2C1. The summed E-state index contributed by atoms with van der Waals surface area (Å²) in [6, 6.07) is 18.3. The predicted octanol–water partition coefficient (Wildman–Crippen LogP) is 3.34. The third-order valence-corrected chi connectivity index (χ3v) is 4.36. The van der Waals surface area contributed by atoms with Crippen LogP contribution in [-0.4, -0.2) is 5.11 Å². The Morgan fingerprint density at radius 1 is 1.05 bits per heavy atom. The van der Waals surface area contributed by atoms with Crippen molar-refractivity contribution in [3.63, 3.8) is 0 Å². The summed E-state index contributed by atoms with van der Waals surface area (Å²) >= 11 is 0. The number of aliphatic hydroxyl groups is 1. The van der Waals surface area contributed by atoms with Gasteiger partial charge in [-0.05, 0) is 42.0 Å². The molecule has 2 aromatic carbocycles. The number of nitriles is 1. The quantitative estimate of drug-likeness (QED) is 0.903. The van der Waals surface area contributed by atoms with Crippen LogP contribution in [-0.2, 0) is 12.8 Å². The van der Waals surface area contributed by atoms with Crippen LogP contribution < -0.4 is 0 Å². The standard InChI is InChI=1S/C18H17NO/c1-13-6-2-5-9-16(13)17(20)18(12-19)10-14-7-3-4-8-15(14)11-18/h2-9,17,20H,10-11H2,1H3. The van der Waals surface area contributed by atoms with Crippen LogP contribution in [0.1, 0.15) is 28.4 Å². The molecular weight excluding hydrogens is 246 g/mol. The Balaban J connectivity index is 2.01. The van der Waals surface area contributed by atoms with Crippen molar-refractivity contribution in [2.75, 3.05) is 0 Å². The molecule has 100 valence electrons. The molecule has 1 N–H and O–H groups in total. The van der Waals surface area contributed by atoms with Gasteiger partial charge in [-0.25, -0.2) is 0 Å². The maximum Gasteiger partial charge on any atom is 0.0985 e. The first kappa shape index (κ1) is 12.9. The van der Waals surface area contributed by atoms with Crippen LogP contribution in [0.4, 0.5) is 0 Å². The van der Waals surface area contributed by atoms with E-state index in [0.717, 1.165) is 11.1 Å². The number of hydrogen-bond acceptors (Lipinski definition) is 2. The lowest BCUT2D eigenvalue weighted by Crippen LogP contribution is -2.28. The van der Waals surface area contributed by atoms with E-state index in [-0.39, 0.29) is 0 Å². The van der Waals surface area contributed by atoms with E-state index in [9.17, 15) is 10.4 Å². The molecule has 1 unspecified atom stereocenters. The summed E-state index contributed by atoms with van der Waals surface area (Å²) in [7, 11) is 0. The van der Waals surface area contributed by atoms with E-state index in [1.165, 1.54) is 11.1 Å². The fourth-order valence-corrected chi connectivity index (χ4v) is 3.17. The molecule has 0 amide bonds. The lowest BCUT2D eigenvalue weighted by molar-refractivity contribution is 0.0688. The summed E-state index contributed by atoms with van der Waals surface area (Å²) in [6.45, 7) is 1.98. The molecule has 1 aliphatic rings. The summed E-state index contributed by atoms with van der Waals surface area (Å²) in [5.41, 5.74) is 3.52. The molecule has 0 aromatic heterocycles. The second-order valence-electron chi connectivity index (χ2n) is 5.65. The van der Waals surface area contributed by atoms with Crippen LogP contribution >= 0.6 is 0 Å². The first-order valence-corrected chi connectivity index (χ1v) is 6.88. The average Bonchev–Trinajstić information content (AvgIpc) is 2.87. The molecule has 1 aliphatic carbocycles. The van der Waals surface area contributed by atoms with Crippen LogP contribution in [0.2, 0.25) is 0 Å². The van der Waals surface area contributed by atoms with Gasteiger partial charge in [-0.15, -0.1) is 0 Å². The second-order valence-corrected chi connectivity index (χ2v) is 5.65. The largest absolute Gasteiger partial charge is 0.387 e. The van der Waals surface area contributed by atoms with E-state index in [1.54, 1.807) is 0 Å². The number of nitrogens with zero attached hydrogens (tertiary/aromatic N) is 1. The number of benzene rings is 2. The van der Waals surface area contributed by atoms with E-state index in [2.05, 4.69) is 18.2 Å². The number of fused-ring (bicyclic) bond motifs is 1. The van der Waals surface area contributed by atoms with Crippen molar-refractivity contribution in [1.29, 1.82) is 5.26 Å². The summed E-state index contributed by atoms with van der Waals surface area (Å²) in [6.07, 6.45) is 0.491. The molecular formula is C18H17NO. The lowest BCUT2D eigenvalue weighted by Gasteiger charge is -2.28. The molecule has 0 spiro atoms. The monoisotopic (exact) mass is 263 g/mol. The van der Waals surface area contributed by atoms with Gasteiger partial charge in [-0.2, -0.15) is 5.26 Å². The van der Waals surface area contributed by atoms with Crippen molar-refractivity contribution in [1.82, 2.24) is 0 Å². The minimum Gasteiger partial charge on any atom is -0.387 e. The van der Waals surface area contributed by atoms with E-state index in [1.807, 2.05) is 43.3 Å².